The van der Waals surface area contributed by atoms with Gasteiger partial charge in [0.15, 0.2) is 17.3 Å². The molecule has 0 saturated heterocycles. The second kappa shape index (κ2) is 5.71. The van der Waals surface area contributed by atoms with Gasteiger partial charge in [-0.2, -0.15) is 4.98 Å². The minimum atomic E-state index is 0.557. The van der Waals surface area contributed by atoms with Gasteiger partial charge in [-0.15, -0.1) is 0 Å². The van der Waals surface area contributed by atoms with Gasteiger partial charge in [0.1, 0.15) is 0 Å². The fraction of sp³-hybridized carbons (Fsp3) is 0.385. The van der Waals surface area contributed by atoms with Crippen molar-refractivity contribution in [3.05, 3.63) is 36.0 Å². The van der Waals surface area contributed by atoms with Gasteiger partial charge in [0, 0.05) is 18.5 Å². The Balaban J connectivity index is 1.67. The number of benzene rings is 1. The molecule has 0 radical (unpaired) electrons. The Bertz CT molecular complexity index is 528. The molecule has 0 atom stereocenters. The highest BCUT2D eigenvalue weighted by molar-refractivity contribution is 5.47. The van der Waals surface area contributed by atoms with Crippen LogP contribution in [-0.2, 0) is 13.1 Å². The van der Waals surface area contributed by atoms with E-state index in [0.29, 0.717) is 32.1 Å². The van der Waals surface area contributed by atoms with Gasteiger partial charge in [-0.05, 0) is 6.07 Å². The number of para-hydroxylation sites is 1. The van der Waals surface area contributed by atoms with Crippen LogP contribution in [0, 0.1) is 0 Å². The lowest BCUT2D eigenvalue weighted by Crippen LogP contribution is -2.14. The Morgan fingerprint density at radius 2 is 2.11 bits per heavy atom. The predicted octanol–water partition coefficient (Wildman–Crippen LogP) is 1.52. The number of rotatable bonds is 4. The van der Waals surface area contributed by atoms with Crippen molar-refractivity contribution in [3.8, 4) is 11.5 Å². The molecule has 3 rings (SSSR count). The average Bonchev–Trinajstić information content (AvgIpc) is 2.82. The molecule has 1 aromatic carbocycles. The van der Waals surface area contributed by atoms with Crippen LogP contribution in [0.25, 0.3) is 0 Å². The van der Waals surface area contributed by atoms with Crippen LogP contribution in [-0.4, -0.2) is 23.4 Å². The molecule has 6 heteroatoms. The molecule has 0 amide bonds. The molecule has 0 unspecified atom stereocenters. The molecule has 1 aliphatic rings. The van der Waals surface area contributed by atoms with Crippen molar-refractivity contribution in [1.82, 2.24) is 15.5 Å². The van der Waals surface area contributed by atoms with E-state index < -0.39 is 0 Å². The molecular weight excluding hydrogens is 246 g/mol. The largest absolute Gasteiger partial charge is 0.490 e. The maximum Gasteiger partial charge on any atom is 0.213 e. The van der Waals surface area contributed by atoms with Crippen LogP contribution < -0.4 is 14.8 Å². The van der Waals surface area contributed by atoms with E-state index in [0.717, 1.165) is 23.5 Å². The SMILES string of the molecule is c1cc(CNCc2ncon2)c2c(c1)OCCCO2. The minimum absolute atomic E-state index is 0.557. The molecule has 0 spiro atoms. The second-order valence-electron chi connectivity index (χ2n) is 4.25. The van der Waals surface area contributed by atoms with E-state index >= 15 is 0 Å². The number of hydrogen-bond acceptors (Lipinski definition) is 6. The van der Waals surface area contributed by atoms with Gasteiger partial charge < -0.3 is 19.3 Å². The first-order chi connectivity index (χ1) is 9.43. The van der Waals surface area contributed by atoms with Crippen molar-refractivity contribution < 1.29 is 14.0 Å². The smallest absolute Gasteiger partial charge is 0.213 e. The summed E-state index contributed by atoms with van der Waals surface area (Å²) in [5.74, 6) is 2.29. The Labute approximate surface area is 110 Å². The van der Waals surface area contributed by atoms with Crippen LogP contribution in [0.1, 0.15) is 17.8 Å². The van der Waals surface area contributed by atoms with E-state index in [4.69, 9.17) is 9.47 Å². The summed E-state index contributed by atoms with van der Waals surface area (Å²) >= 11 is 0. The lowest BCUT2D eigenvalue weighted by molar-refractivity contribution is 0.296. The molecule has 1 aliphatic heterocycles. The van der Waals surface area contributed by atoms with Crippen LogP contribution in [0.2, 0.25) is 0 Å². The highest BCUT2D eigenvalue weighted by atomic mass is 16.5. The average molecular weight is 261 g/mol. The van der Waals surface area contributed by atoms with Crippen molar-refractivity contribution in [1.29, 1.82) is 0 Å². The molecule has 2 heterocycles. The maximum atomic E-state index is 5.75. The fourth-order valence-corrected chi connectivity index (χ4v) is 1.97. The van der Waals surface area contributed by atoms with E-state index in [2.05, 4.69) is 20.0 Å². The minimum Gasteiger partial charge on any atom is -0.490 e. The molecule has 0 saturated carbocycles. The monoisotopic (exact) mass is 261 g/mol. The third-order valence-corrected chi connectivity index (χ3v) is 2.86. The Morgan fingerprint density at radius 1 is 1.16 bits per heavy atom. The zero-order chi connectivity index (χ0) is 12.9. The molecule has 6 nitrogen and oxygen atoms in total. The first-order valence-electron chi connectivity index (χ1n) is 6.27. The summed E-state index contributed by atoms with van der Waals surface area (Å²) in [4.78, 5) is 3.95. The third-order valence-electron chi connectivity index (χ3n) is 2.86. The standard InChI is InChI=1S/C13H15N3O3/c1-3-10(7-14-8-12-15-9-19-16-12)13-11(4-1)17-5-2-6-18-13/h1,3-4,9,14H,2,5-8H2. The normalized spacial score (nSPS) is 14.1. The number of ether oxygens (including phenoxy) is 2. The number of hydrogen-bond donors (Lipinski definition) is 1. The lowest BCUT2D eigenvalue weighted by Gasteiger charge is -2.12. The number of nitrogens with one attached hydrogen (secondary N) is 1. The van der Waals surface area contributed by atoms with Crippen LogP contribution in [0.3, 0.4) is 0 Å². The Hall–Kier alpha value is -2.08. The summed E-state index contributed by atoms with van der Waals surface area (Å²) in [5.41, 5.74) is 1.07. The zero-order valence-electron chi connectivity index (χ0n) is 10.5. The Kier molecular flexibility index (Phi) is 3.60. The maximum absolute atomic E-state index is 5.75. The summed E-state index contributed by atoms with van der Waals surface area (Å²) in [6.45, 7) is 2.61. The summed E-state index contributed by atoms with van der Waals surface area (Å²) in [7, 11) is 0. The topological polar surface area (TPSA) is 69.4 Å². The molecule has 1 aromatic heterocycles. The lowest BCUT2D eigenvalue weighted by atomic mass is 10.2. The summed E-state index contributed by atoms with van der Waals surface area (Å²) in [5, 5.41) is 7.00. The van der Waals surface area contributed by atoms with E-state index in [1.807, 2.05) is 18.2 Å². The van der Waals surface area contributed by atoms with Crippen LogP contribution >= 0.6 is 0 Å². The predicted molar refractivity (Wildman–Crippen MR) is 66.9 cm³/mol. The van der Waals surface area contributed by atoms with Crippen LogP contribution in [0.5, 0.6) is 11.5 Å². The van der Waals surface area contributed by atoms with E-state index in [1.54, 1.807) is 0 Å². The fourth-order valence-electron chi connectivity index (χ4n) is 1.97. The van der Waals surface area contributed by atoms with Crippen molar-refractivity contribution in [2.24, 2.45) is 0 Å². The summed E-state index contributed by atoms with van der Waals surface area (Å²) in [6, 6.07) is 5.93. The number of aromatic nitrogens is 2. The van der Waals surface area contributed by atoms with Gasteiger partial charge in [-0.25, -0.2) is 0 Å². The molecular formula is C13H15N3O3. The van der Waals surface area contributed by atoms with Gasteiger partial charge in [0.25, 0.3) is 0 Å². The van der Waals surface area contributed by atoms with Crippen LogP contribution in [0.4, 0.5) is 0 Å². The molecule has 19 heavy (non-hydrogen) atoms. The summed E-state index contributed by atoms with van der Waals surface area (Å²) < 4.78 is 16.1. The zero-order valence-corrected chi connectivity index (χ0v) is 10.5. The van der Waals surface area contributed by atoms with Gasteiger partial charge in [-0.3, -0.25) is 0 Å². The molecule has 1 N–H and O–H groups in total. The quantitative estimate of drug-likeness (QED) is 0.900. The van der Waals surface area contributed by atoms with Crippen LogP contribution in [0.15, 0.2) is 29.1 Å². The number of nitrogens with zero attached hydrogens (tertiary/aromatic N) is 2. The van der Waals surface area contributed by atoms with Crippen molar-refractivity contribution in [2.75, 3.05) is 13.2 Å². The van der Waals surface area contributed by atoms with E-state index in [1.165, 1.54) is 6.39 Å². The Morgan fingerprint density at radius 3 is 3.00 bits per heavy atom. The molecule has 0 aliphatic carbocycles. The van der Waals surface area contributed by atoms with E-state index in [-0.39, 0.29) is 0 Å². The summed E-state index contributed by atoms with van der Waals surface area (Å²) in [6.07, 6.45) is 2.23. The highest BCUT2D eigenvalue weighted by Gasteiger charge is 2.14. The first kappa shape index (κ1) is 12.0. The van der Waals surface area contributed by atoms with Crippen molar-refractivity contribution >= 4 is 0 Å². The molecule has 0 bridgehead atoms. The third kappa shape index (κ3) is 2.85. The molecule has 0 fully saturated rings. The van der Waals surface area contributed by atoms with Gasteiger partial charge in [-0.1, -0.05) is 17.3 Å². The van der Waals surface area contributed by atoms with Gasteiger partial charge in [0.2, 0.25) is 6.39 Å². The molecule has 2 aromatic rings. The number of fused-ring (bicyclic) bond motifs is 1. The van der Waals surface area contributed by atoms with Gasteiger partial charge >= 0.3 is 0 Å². The highest BCUT2D eigenvalue weighted by Crippen LogP contribution is 2.33. The second-order valence-corrected chi connectivity index (χ2v) is 4.25. The van der Waals surface area contributed by atoms with Crippen molar-refractivity contribution in [2.45, 2.75) is 19.5 Å². The van der Waals surface area contributed by atoms with Gasteiger partial charge in [0.05, 0.1) is 19.8 Å². The van der Waals surface area contributed by atoms with Crippen molar-refractivity contribution in [3.63, 3.8) is 0 Å². The van der Waals surface area contributed by atoms with E-state index in [9.17, 15) is 0 Å². The first-order valence-corrected chi connectivity index (χ1v) is 6.27. The molecule has 100 valence electrons.